The Bertz CT molecular complexity index is 1720. The van der Waals surface area contributed by atoms with Gasteiger partial charge in [0.2, 0.25) is 12.1 Å². The van der Waals surface area contributed by atoms with Gasteiger partial charge in [-0.1, -0.05) is 18.2 Å². The van der Waals surface area contributed by atoms with E-state index in [0.29, 0.717) is 29.2 Å². The van der Waals surface area contributed by atoms with E-state index in [9.17, 15) is 30.0 Å². The van der Waals surface area contributed by atoms with Gasteiger partial charge in [0, 0.05) is 40.6 Å². The van der Waals surface area contributed by atoms with E-state index in [0.717, 1.165) is 5.56 Å². The molecule has 3 aliphatic rings. The normalized spacial score (nSPS) is 29.7. The summed E-state index contributed by atoms with van der Waals surface area (Å²) in [6.07, 6.45) is -3.31. The Kier molecular flexibility index (Phi) is 8.37. The molecule has 6 rings (SSSR count). The first-order chi connectivity index (χ1) is 21.7. The molecule has 0 unspecified atom stereocenters. The first-order valence-corrected chi connectivity index (χ1v) is 15.6. The second kappa shape index (κ2) is 11.9. The summed E-state index contributed by atoms with van der Waals surface area (Å²) in [4.78, 5) is 32.0. The van der Waals surface area contributed by atoms with Gasteiger partial charge in [0.25, 0.3) is 0 Å². The number of phenols is 2. The molecule has 1 aliphatic carbocycles. The number of nitrogens with zero attached hydrogens (tertiary/aromatic N) is 2. The molecule has 11 heteroatoms. The SMILES string of the molecule is Cc1cc2cc(O)c3c(c2c(O[C@@H]2C[C@H](N(C)C)[C@@H](O)[C@@H](C)O2)c1[C@@H]1C[C@H](N(C)C)[C@@H](O)[C@H](C)O1)C(=O)c1cccc(O)c1C3=O. The maximum atomic E-state index is 14.3. The quantitative estimate of drug-likeness (QED) is 0.256. The number of aryl methyl sites for hydroxylation is 1. The molecule has 0 aromatic heterocycles. The van der Waals surface area contributed by atoms with Gasteiger partial charge >= 0.3 is 0 Å². The van der Waals surface area contributed by atoms with E-state index < -0.39 is 48.4 Å². The van der Waals surface area contributed by atoms with Crippen molar-refractivity contribution in [2.24, 2.45) is 0 Å². The van der Waals surface area contributed by atoms with Gasteiger partial charge in [0.1, 0.15) is 17.2 Å². The molecule has 0 saturated carbocycles. The summed E-state index contributed by atoms with van der Waals surface area (Å²) in [5.74, 6) is -1.68. The summed E-state index contributed by atoms with van der Waals surface area (Å²) in [7, 11) is 7.54. The molecule has 2 aliphatic heterocycles. The van der Waals surface area contributed by atoms with Crippen LogP contribution < -0.4 is 4.74 Å². The number of phenolic OH excluding ortho intramolecular Hbond substituents is 2. The molecule has 0 spiro atoms. The van der Waals surface area contributed by atoms with Gasteiger partial charge in [-0.05, 0) is 78.5 Å². The van der Waals surface area contributed by atoms with Crippen LogP contribution >= 0.6 is 0 Å². The van der Waals surface area contributed by atoms with Gasteiger partial charge in [0.05, 0.1) is 41.6 Å². The van der Waals surface area contributed by atoms with E-state index in [-0.39, 0.29) is 51.6 Å². The standard InChI is InChI=1S/C35H42N2O9/c1-15-11-18-12-23(39)29-30(33(42)19-9-8-10-22(38)28(19)34(29)43)27(18)35(46-25-14-21(37(6)7)32(41)17(3)45-25)26(15)24-13-20(36(4)5)31(40)16(2)44-24/h8-12,16-17,20-21,24-25,31-32,38-41H,13-14H2,1-7H3/t16-,17+,20-,21-,24-,25+,31-,32-/m0/s1. The highest BCUT2D eigenvalue weighted by atomic mass is 16.7. The highest BCUT2D eigenvalue weighted by molar-refractivity contribution is 6.34. The van der Waals surface area contributed by atoms with Crippen LogP contribution in [0.25, 0.3) is 10.8 Å². The Hall–Kier alpha value is -3.58. The van der Waals surface area contributed by atoms with Crippen LogP contribution in [-0.4, -0.2) is 113 Å². The Labute approximate surface area is 267 Å². The molecule has 4 N–H and O–H groups in total. The van der Waals surface area contributed by atoms with Crippen LogP contribution in [0, 0.1) is 6.92 Å². The molecule has 3 aromatic carbocycles. The second-order valence-corrected chi connectivity index (χ2v) is 13.3. The highest BCUT2D eigenvalue weighted by Crippen LogP contribution is 2.49. The zero-order valence-electron chi connectivity index (χ0n) is 27.1. The topological polar surface area (TPSA) is 149 Å². The molecule has 3 aromatic rings. The number of fused-ring (bicyclic) bond motifs is 4. The molecule has 0 radical (unpaired) electrons. The Morgan fingerprint density at radius 1 is 0.804 bits per heavy atom. The van der Waals surface area contributed by atoms with E-state index in [1.165, 1.54) is 24.3 Å². The average molecular weight is 635 g/mol. The molecule has 2 fully saturated rings. The third-order valence-corrected chi connectivity index (χ3v) is 9.86. The number of likely N-dealkylation sites (N-methyl/N-ethyl adjacent to an activating group) is 2. The molecule has 2 saturated heterocycles. The maximum absolute atomic E-state index is 14.3. The van der Waals surface area contributed by atoms with Gasteiger partial charge in [-0.3, -0.25) is 9.59 Å². The number of hydrogen-bond acceptors (Lipinski definition) is 11. The predicted octanol–water partition coefficient (Wildman–Crippen LogP) is 3.28. The average Bonchev–Trinajstić information content (AvgIpc) is 2.98. The molecule has 0 bridgehead atoms. The molecule has 11 nitrogen and oxygen atoms in total. The Morgan fingerprint density at radius 3 is 2.09 bits per heavy atom. The van der Waals surface area contributed by atoms with Crippen LogP contribution in [-0.2, 0) is 9.47 Å². The van der Waals surface area contributed by atoms with Crippen LogP contribution in [0.15, 0.2) is 30.3 Å². The number of ether oxygens (including phenoxy) is 3. The van der Waals surface area contributed by atoms with Crippen molar-refractivity contribution in [2.75, 3.05) is 28.2 Å². The van der Waals surface area contributed by atoms with Crippen molar-refractivity contribution in [3.63, 3.8) is 0 Å². The molecular formula is C35H42N2O9. The second-order valence-electron chi connectivity index (χ2n) is 13.3. The van der Waals surface area contributed by atoms with E-state index >= 15 is 0 Å². The van der Waals surface area contributed by atoms with E-state index in [1.807, 2.05) is 57.9 Å². The fourth-order valence-corrected chi connectivity index (χ4v) is 7.40. The summed E-state index contributed by atoms with van der Waals surface area (Å²) in [6, 6.07) is 7.03. The largest absolute Gasteiger partial charge is 0.507 e. The lowest BCUT2D eigenvalue weighted by atomic mass is 9.79. The first kappa shape index (κ1) is 32.4. The zero-order valence-corrected chi connectivity index (χ0v) is 27.1. The number of carbonyl (C=O) groups is 2. The minimum atomic E-state index is -0.846. The smallest absolute Gasteiger partial charge is 0.201 e. The molecule has 246 valence electrons. The number of hydrogen-bond donors (Lipinski definition) is 4. The monoisotopic (exact) mass is 634 g/mol. The molecule has 2 heterocycles. The predicted molar refractivity (Wildman–Crippen MR) is 170 cm³/mol. The van der Waals surface area contributed by atoms with Gasteiger partial charge in [-0.25, -0.2) is 0 Å². The number of rotatable bonds is 5. The Balaban J connectivity index is 1.62. The van der Waals surface area contributed by atoms with Crippen LogP contribution in [0.5, 0.6) is 17.2 Å². The third-order valence-electron chi connectivity index (χ3n) is 9.86. The number of aliphatic hydroxyl groups is 2. The highest BCUT2D eigenvalue weighted by Gasteiger charge is 2.43. The summed E-state index contributed by atoms with van der Waals surface area (Å²) >= 11 is 0. The van der Waals surface area contributed by atoms with Crippen LogP contribution in [0.4, 0.5) is 0 Å². The summed E-state index contributed by atoms with van der Waals surface area (Å²) in [5, 5.41) is 44.4. The molecule has 0 amide bonds. The molecule has 46 heavy (non-hydrogen) atoms. The van der Waals surface area contributed by atoms with Gasteiger partial charge < -0.3 is 44.4 Å². The zero-order chi connectivity index (χ0) is 33.4. The number of aliphatic hydroxyl groups excluding tert-OH is 2. The fraction of sp³-hybridized carbons (Fsp3) is 0.486. The van der Waals surface area contributed by atoms with Crippen molar-refractivity contribution < 1.29 is 44.2 Å². The minimum Gasteiger partial charge on any atom is -0.507 e. The lowest BCUT2D eigenvalue weighted by Gasteiger charge is -2.43. The fourth-order valence-electron chi connectivity index (χ4n) is 7.40. The van der Waals surface area contributed by atoms with E-state index in [4.69, 9.17) is 14.2 Å². The van der Waals surface area contributed by atoms with Crippen molar-refractivity contribution in [1.82, 2.24) is 9.80 Å². The van der Waals surface area contributed by atoms with Crippen molar-refractivity contribution in [1.29, 1.82) is 0 Å². The van der Waals surface area contributed by atoms with Crippen molar-refractivity contribution in [3.8, 4) is 17.2 Å². The molecular weight excluding hydrogens is 592 g/mol. The van der Waals surface area contributed by atoms with Crippen molar-refractivity contribution in [3.05, 3.63) is 63.7 Å². The number of carbonyl (C=O) groups excluding carboxylic acids is 2. The minimum absolute atomic E-state index is 0.0224. The van der Waals surface area contributed by atoms with E-state index in [1.54, 1.807) is 6.92 Å². The first-order valence-electron chi connectivity index (χ1n) is 15.6. The van der Waals surface area contributed by atoms with Crippen LogP contribution in [0.1, 0.15) is 75.8 Å². The van der Waals surface area contributed by atoms with Crippen molar-refractivity contribution in [2.45, 2.75) is 82.5 Å². The van der Waals surface area contributed by atoms with Crippen molar-refractivity contribution >= 4 is 22.3 Å². The number of benzene rings is 3. The maximum Gasteiger partial charge on any atom is 0.201 e. The lowest BCUT2D eigenvalue weighted by Crippen LogP contribution is -2.54. The van der Waals surface area contributed by atoms with Gasteiger partial charge in [-0.15, -0.1) is 0 Å². The van der Waals surface area contributed by atoms with Gasteiger partial charge in [-0.2, -0.15) is 0 Å². The number of aromatic hydroxyl groups is 2. The lowest BCUT2D eigenvalue weighted by molar-refractivity contribution is -0.202. The summed E-state index contributed by atoms with van der Waals surface area (Å²) in [6.45, 7) is 5.47. The summed E-state index contributed by atoms with van der Waals surface area (Å²) in [5.41, 5.74) is 1.00. The third kappa shape index (κ3) is 5.15. The Morgan fingerprint density at radius 2 is 1.43 bits per heavy atom. The van der Waals surface area contributed by atoms with Gasteiger partial charge in [0.15, 0.2) is 5.78 Å². The van der Waals surface area contributed by atoms with Crippen LogP contribution in [0.2, 0.25) is 0 Å². The number of ketones is 2. The summed E-state index contributed by atoms with van der Waals surface area (Å²) < 4.78 is 19.4. The molecule has 8 atom stereocenters. The van der Waals surface area contributed by atoms with E-state index in [2.05, 4.69) is 0 Å². The van der Waals surface area contributed by atoms with Crippen LogP contribution in [0.3, 0.4) is 0 Å².